The van der Waals surface area contributed by atoms with E-state index in [1.54, 1.807) is 49.7 Å². The first kappa shape index (κ1) is 20.8. The Morgan fingerprint density at radius 2 is 1.86 bits per heavy atom. The van der Waals surface area contributed by atoms with E-state index in [2.05, 4.69) is 4.98 Å². The monoisotopic (exact) mass is 383 g/mol. The van der Waals surface area contributed by atoms with Crippen LogP contribution in [0.4, 0.5) is 5.69 Å². The number of esters is 1. The molecule has 8 heteroatoms. The van der Waals surface area contributed by atoms with E-state index in [0.29, 0.717) is 12.1 Å². The summed E-state index contributed by atoms with van der Waals surface area (Å²) in [6.45, 7) is 2.55. The Hall–Kier alpha value is -3.55. The van der Waals surface area contributed by atoms with E-state index in [1.807, 2.05) is 0 Å². The summed E-state index contributed by atoms with van der Waals surface area (Å²) >= 11 is 0. The Morgan fingerprint density at radius 1 is 1.18 bits per heavy atom. The van der Waals surface area contributed by atoms with Crippen LogP contribution in [0.15, 0.2) is 54.9 Å². The number of nitro groups is 1. The van der Waals surface area contributed by atoms with Crippen molar-refractivity contribution in [3.8, 4) is 0 Å². The molecule has 0 aliphatic rings. The van der Waals surface area contributed by atoms with Crippen LogP contribution in [0, 0.1) is 10.1 Å². The fraction of sp³-hybridized carbons (Fsp3) is 0.250. The number of aromatic nitrogens is 1. The first-order valence-corrected chi connectivity index (χ1v) is 8.75. The van der Waals surface area contributed by atoms with Gasteiger partial charge in [0.1, 0.15) is 0 Å². The number of pyridine rings is 1. The molecule has 28 heavy (non-hydrogen) atoms. The molecule has 1 heterocycles. The summed E-state index contributed by atoms with van der Waals surface area (Å²) in [5, 5.41) is 10.7. The average molecular weight is 383 g/mol. The van der Waals surface area contributed by atoms with Crippen LogP contribution >= 0.6 is 0 Å². The largest absolute Gasteiger partial charge is 0.466 e. The summed E-state index contributed by atoms with van der Waals surface area (Å²) in [5.74, 6) is -0.645. The smallest absolute Gasteiger partial charge is 0.307 e. The van der Waals surface area contributed by atoms with E-state index in [0.717, 1.165) is 5.56 Å². The second-order valence-corrected chi connectivity index (χ2v) is 5.85. The molecule has 1 amide bonds. The number of benzene rings is 1. The quantitative estimate of drug-likeness (QED) is 0.285. The average Bonchev–Trinajstić information content (AvgIpc) is 2.70. The Labute approximate surface area is 162 Å². The van der Waals surface area contributed by atoms with Crippen LogP contribution in [0.25, 0.3) is 6.08 Å². The molecule has 0 saturated heterocycles. The minimum atomic E-state index is -0.482. The van der Waals surface area contributed by atoms with Gasteiger partial charge in [-0.2, -0.15) is 0 Å². The SMILES string of the molecule is CCOC(=O)CCN(Cc1ccncc1)C(=O)/C=C/c1ccc([N+](=O)[O-])cc1. The second-order valence-electron chi connectivity index (χ2n) is 5.85. The van der Waals surface area contributed by atoms with Gasteiger partial charge in [-0.3, -0.25) is 24.7 Å². The zero-order valence-electron chi connectivity index (χ0n) is 15.5. The maximum absolute atomic E-state index is 12.6. The molecule has 0 spiro atoms. The van der Waals surface area contributed by atoms with Gasteiger partial charge in [-0.1, -0.05) is 0 Å². The standard InChI is InChI=1S/C20H21N3O5/c1-2-28-20(25)11-14-22(15-17-9-12-21-13-10-17)19(24)8-5-16-3-6-18(7-4-16)23(26)27/h3-10,12-13H,2,11,14-15H2,1H3/b8-5+. The predicted molar refractivity (Wildman–Crippen MR) is 103 cm³/mol. The molecule has 8 nitrogen and oxygen atoms in total. The van der Waals surface area contributed by atoms with Crippen molar-refractivity contribution in [2.75, 3.05) is 13.2 Å². The van der Waals surface area contributed by atoms with Gasteiger partial charge in [-0.15, -0.1) is 0 Å². The Kier molecular flexibility index (Phi) is 7.83. The fourth-order valence-corrected chi connectivity index (χ4v) is 2.42. The molecule has 0 saturated carbocycles. The van der Waals surface area contributed by atoms with Crippen molar-refractivity contribution in [1.82, 2.24) is 9.88 Å². The number of nitrogens with zero attached hydrogens (tertiary/aromatic N) is 3. The maximum Gasteiger partial charge on any atom is 0.307 e. The van der Waals surface area contributed by atoms with Crippen LogP contribution in [0.5, 0.6) is 0 Å². The van der Waals surface area contributed by atoms with Crippen molar-refractivity contribution in [3.05, 3.63) is 76.1 Å². The van der Waals surface area contributed by atoms with Crippen molar-refractivity contribution < 1.29 is 19.2 Å². The van der Waals surface area contributed by atoms with Crippen molar-refractivity contribution in [2.45, 2.75) is 19.9 Å². The molecule has 2 aromatic rings. The molecule has 0 radical (unpaired) electrons. The topological polar surface area (TPSA) is 103 Å². The molecule has 2 rings (SSSR count). The molecule has 0 atom stereocenters. The molecule has 146 valence electrons. The van der Waals surface area contributed by atoms with Crippen LogP contribution in [0.3, 0.4) is 0 Å². The highest BCUT2D eigenvalue weighted by Crippen LogP contribution is 2.13. The highest BCUT2D eigenvalue weighted by Gasteiger charge is 2.14. The van der Waals surface area contributed by atoms with Crippen molar-refractivity contribution in [2.24, 2.45) is 0 Å². The van der Waals surface area contributed by atoms with E-state index < -0.39 is 4.92 Å². The van der Waals surface area contributed by atoms with Gasteiger partial charge in [0.2, 0.25) is 5.91 Å². The number of carbonyl (C=O) groups is 2. The highest BCUT2D eigenvalue weighted by molar-refractivity contribution is 5.92. The zero-order chi connectivity index (χ0) is 20.4. The van der Waals surface area contributed by atoms with E-state index in [-0.39, 0.29) is 37.1 Å². The third-order valence-electron chi connectivity index (χ3n) is 3.85. The lowest BCUT2D eigenvalue weighted by atomic mass is 10.2. The summed E-state index contributed by atoms with van der Waals surface area (Å²) in [7, 11) is 0. The number of hydrogen-bond donors (Lipinski definition) is 0. The number of non-ortho nitro benzene ring substituents is 1. The molecule has 0 unspecified atom stereocenters. The van der Waals surface area contributed by atoms with Gasteiger partial charge < -0.3 is 9.64 Å². The summed E-state index contributed by atoms with van der Waals surface area (Å²) < 4.78 is 4.92. The minimum Gasteiger partial charge on any atom is -0.466 e. The summed E-state index contributed by atoms with van der Waals surface area (Å²) in [6.07, 6.45) is 6.33. The molecule has 0 bridgehead atoms. The first-order valence-electron chi connectivity index (χ1n) is 8.75. The van der Waals surface area contributed by atoms with Crippen LogP contribution in [-0.2, 0) is 20.9 Å². The van der Waals surface area contributed by atoms with Gasteiger partial charge in [-0.25, -0.2) is 0 Å². The van der Waals surface area contributed by atoms with Gasteiger partial charge in [0.25, 0.3) is 5.69 Å². The number of carbonyl (C=O) groups excluding carboxylic acids is 2. The molecule has 0 N–H and O–H groups in total. The Balaban J connectivity index is 2.07. The lowest BCUT2D eigenvalue weighted by molar-refractivity contribution is -0.384. The van der Waals surface area contributed by atoms with Gasteiger partial charge in [0.05, 0.1) is 18.0 Å². The first-order chi connectivity index (χ1) is 13.5. The van der Waals surface area contributed by atoms with Crippen LogP contribution in [0.1, 0.15) is 24.5 Å². The van der Waals surface area contributed by atoms with Crippen LogP contribution in [-0.4, -0.2) is 39.8 Å². The lowest BCUT2D eigenvalue weighted by Crippen LogP contribution is -2.31. The van der Waals surface area contributed by atoms with Crippen molar-refractivity contribution in [3.63, 3.8) is 0 Å². The number of amides is 1. The molecule has 1 aromatic heterocycles. The van der Waals surface area contributed by atoms with E-state index >= 15 is 0 Å². The van der Waals surface area contributed by atoms with Crippen LogP contribution in [0.2, 0.25) is 0 Å². The van der Waals surface area contributed by atoms with Crippen molar-refractivity contribution >= 4 is 23.6 Å². The summed E-state index contributed by atoms with van der Waals surface area (Å²) in [5.41, 5.74) is 1.53. The van der Waals surface area contributed by atoms with Gasteiger partial charge >= 0.3 is 5.97 Å². The predicted octanol–water partition coefficient (Wildman–Crippen LogP) is 2.99. The maximum atomic E-state index is 12.6. The Bertz CT molecular complexity index is 835. The molecule has 0 aliphatic heterocycles. The van der Waals surface area contributed by atoms with E-state index in [9.17, 15) is 19.7 Å². The number of rotatable bonds is 9. The van der Waals surface area contributed by atoms with E-state index in [1.165, 1.54) is 23.1 Å². The van der Waals surface area contributed by atoms with Gasteiger partial charge in [0.15, 0.2) is 0 Å². The third kappa shape index (κ3) is 6.64. The van der Waals surface area contributed by atoms with Gasteiger partial charge in [0, 0.05) is 43.7 Å². The van der Waals surface area contributed by atoms with E-state index in [4.69, 9.17) is 4.74 Å². The number of ether oxygens (including phenoxy) is 1. The molecular formula is C20H21N3O5. The van der Waals surface area contributed by atoms with Crippen molar-refractivity contribution in [1.29, 1.82) is 0 Å². The zero-order valence-corrected chi connectivity index (χ0v) is 15.5. The minimum absolute atomic E-state index is 0.0165. The number of nitro benzene ring substituents is 1. The normalized spacial score (nSPS) is 10.6. The third-order valence-corrected chi connectivity index (χ3v) is 3.85. The molecule has 0 fully saturated rings. The summed E-state index contributed by atoms with van der Waals surface area (Å²) in [6, 6.07) is 9.47. The second kappa shape index (κ2) is 10.6. The fourth-order valence-electron chi connectivity index (χ4n) is 2.42. The number of hydrogen-bond acceptors (Lipinski definition) is 6. The summed E-state index contributed by atoms with van der Waals surface area (Å²) in [4.78, 5) is 40.0. The Morgan fingerprint density at radius 3 is 2.46 bits per heavy atom. The van der Waals surface area contributed by atoms with Crippen LogP contribution < -0.4 is 0 Å². The molecular weight excluding hydrogens is 362 g/mol. The van der Waals surface area contributed by atoms with Gasteiger partial charge in [-0.05, 0) is 48.4 Å². The highest BCUT2D eigenvalue weighted by atomic mass is 16.6. The molecule has 0 aliphatic carbocycles. The molecule has 1 aromatic carbocycles. The lowest BCUT2D eigenvalue weighted by Gasteiger charge is -2.21.